The number of fused-ring (bicyclic) bond motifs is 3. The summed E-state index contributed by atoms with van der Waals surface area (Å²) >= 11 is 0. The molecule has 8 atom stereocenters. The van der Waals surface area contributed by atoms with Gasteiger partial charge in [0.05, 0.1) is 24.3 Å². The van der Waals surface area contributed by atoms with Gasteiger partial charge in [-0.25, -0.2) is 28.0 Å². The summed E-state index contributed by atoms with van der Waals surface area (Å²) in [6, 6.07) is 1.33. The number of alkyl halides is 3. The fraction of sp³-hybridized carbons (Fsp3) is 0.595. The molecule has 3 heterocycles. The SMILES string of the molecule is COc1cc(F)cc2c(O[C@@H]3C[C@H]4C(=O)N[C@]5(C(=O)NS(=O)(=O)C6CC6)C[C@H]5/C=C\CC[C@H](C)C[C@@H](C)[C@H](NNC(=O)O[C@H](C)C(F)(F)F)C(=O)N4C3)nccc12. The van der Waals surface area contributed by atoms with E-state index < -0.39 is 92.7 Å². The van der Waals surface area contributed by atoms with E-state index >= 15 is 0 Å². The summed E-state index contributed by atoms with van der Waals surface area (Å²) in [5.74, 6) is -4.04. The molecule has 2 aromatic rings. The lowest BCUT2D eigenvalue weighted by atomic mass is 9.88. The van der Waals surface area contributed by atoms with Crippen molar-refractivity contribution in [3.63, 3.8) is 0 Å². The highest BCUT2D eigenvalue weighted by Crippen LogP contribution is 2.46. The maximum Gasteiger partial charge on any atom is 0.425 e. The van der Waals surface area contributed by atoms with Gasteiger partial charge in [-0.3, -0.25) is 24.5 Å². The molecule has 0 spiro atoms. The minimum Gasteiger partial charge on any atom is -0.496 e. The number of sulfonamides is 1. The zero-order valence-electron chi connectivity index (χ0n) is 31.7. The third-order valence-corrected chi connectivity index (χ3v) is 12.8. The van der Waals surface area contributed by atoms with Gasteiger partial charge in [-0.05, 0) is 69.4 Å². The number of hydrogen-bond acceptors (Lipinski definition) is 11. The highest BCUT2D eigenvalue weighted by Gasteiger charge is 2.62. The number of aromatic nitrogens is 1. The Morgan fingerprint density at radius 3 is 2.53 bits per heavy atom. The highest BCUT2D eigenvalue weighted by atomic mass is 32.2. The molecule has 4 amide bonds. The number of nitrogens with one attached hydrogen (secondary N) is 4. The Morgan fingerprint density at radius 2 is 1.84 bits per heavy atom. The number of benzene rings is 1. The second-order valence-corrected chi connectivity index (χ2v) is 17.4. The van der Waals surface area contributed by atoms with Crippen LogP contribution in [0.25, 0.3) is 10.8 Å². The van der Waals surface area contributed by atoms with Crippen molar-refractivity contribution in [2.24, 2.45) is 17.8 Å². The first-order chi connectivity index (χ1) is 26.8. The first-order valence-electron chi connectivity index (χ1n) is 18.8. The van der Waals surface area contributed by atoms with Crippen molar-refractivity contribution in [2.75, 3.05) is 13.7 Å². The molecule has 2 aliphatic heterocycles. The minimum absolute atomic E-state index is 0.0138. The van der Waals surface area contributed by atoms with Crippen LogP contribution < -0.4 is 30.4 Å². The monoisotopic (exact) mass is 826 g/mol. The number of hydrogen-bond donors (Lipinski definition) is 4. The molecule has 0 bridgehead atoms. The lowest BCUT2D eigenvalue weighted by Crippen LogP contribution is -2.60. The molecule has 1 aromatic heterocycles. The van der Waals surface area contributed by atoms with Crippen LogP contribution in [-0.4, -0.2) is 97.0 Å². The summed E-state index contributed by atoms with van der Waals surface area (Å²) < 4.78 is 97.9. The normalized spacial score (nSPS) is 29.4. The van der Waals surface area contributed by atoms with Crippen molar-refractivity contribution in [1.82, 2.24) is 30.8 Å². The van der Waals surface area contributed by atoms with Gasteiger partial charge in [0.25, 0.3) is 5.91 Å². The molecule has 20 heteroatoms. The topological polar surface area (TPSA) is 194 Å². The summed E-state index contributed by atoms with van der Waals surface area (Å²) in [5.41, 5.74) is 2.95. The average molecular weight is 827 g/mol. The fourth-order valence-electron chi connectivity index (χ4n) is 7.50. The molecule has 0 unspecified atom stereocenters. The van der Waals surface area contributed by atoms with Gasteiger partial charge >= 0.3 is 12.3 Å². The first-order valence-corrected chi connectivity index (χ1v) is 20.3. The van der Waals surface area contributed by atoms with Crippen LogP contribution in [0.1, 0.15) is 65.7 Å². The molecule has 15 nitrogen and oxygen atoms in total. The number of halogens is 4. The van der Waals surface area contributed by atoms with Gasteiger partial charge in [0.15, 0.2) is 6.10 Å². The number of allylic oxidation sites excluding steroid dienone is 1. The van der Waals surface area contributed by atoms with Crippen molar-refractivity contribution in [3.05, 3.63) is 42.4 Å². The van der Waals surface area contributed by atoms with Gasteiger partial charge in [0, 0.05) is 30.0 Å². The van der Waals surface area contributed by atoms with Crippen LogP contribution in [0.2, 0.25) is 0 Å². The number of carbonyl (C=O) groups excluding carboxylic acids is 4. The van der Waals surface area contributed by atoms with Crippen molar-refractivity contribution in [3.8, 4) is 11.6 Å². The number of methoxy groups -OCH3 is 1. The zero-order chi connectivity index (χ0) is 41.4. The molecule has 6 rings (SSSR count). The standard InChI is InChI=1S/C37H46F4N6O9S/c1-19-7-5-6-8-22-17-36(22,34(50)46-57(52,53)25-9-10-25)43-31(48)28-16-24(56-32-27-14-23(38)15-29(54-4)26(27)11-12-42-32)18-47(28)33(49)30(20(2)13-19)44-45-35(51)55-21(3)37(39,40)41/h6,8,11-12,14-15,19-22,24-25,28,30,44H,5,7,9-10,13,16-18H2,1-4H3,(H,43,48)(H,45,51)(H,46,50)/b8-6-/t19-,20+,21+,22+,24+,28-,30-,36+/m0/s1. The molecule has 2 aliphatic carbocycles. The van der Waals surface area contributed by atoms with Crippen LogP contribution >= 0.6 is 0 Å². The smallest absolute Gasteiger partial charge is 0.425 e. The summed E-state index contributed by atoms with van der Waals surface area (Å²) in [5, 5.41) is 2.75. The molecule has 3 fully saturated rings. The molecular weight excluding hydrogens is 780 g/mol. The minimum atomic E-state index is -4.84. The molecule has 0 radical (unpaired) electrons. The Bertz CT molecular complexity index is 2030. The number of amides is 4. The Labute approximate surface area is 326 Å². The van der Waals surface area contributed by atoms with E-state index in [-0.39, 0.29) is 42.3 Å². The first kappa shape index (κ1) is 41.9. The largest absolute Gasteiger partial charge is 0.496 e. The summed E-state index contributed by atoms with van der Waals surface area (Å²) in [6.45, 7) is 4.05. The molecule has 1 aromatic carbocycles. The predicted octanol–water partition coefficient (Wildman–Crippen LogP) is 3.78. The van der Waals surface area contributed by atoms with Crippen LogP contribution in [0, 0.1) is 23.6 Å². The zero-order valence-corrected chi connectivity index (χ0v) is 32.5. The second kappa shape index (κ2) is 16.3. The molecule has 4 aliphatic rings. The van der Waals surface area contributed by atoms with E-state index in [0.29, 0.717) is 44.4 Å². The molecule has 1 saturated heterocycles. The van der Waals surface area contributed by atoms with E-state index in [0.717, 1.165) is 0 Å². The lowest BCUT2D eigenvalue weighted by molar-refractivity contribution is -0.197. The van der Waals surface area contributed by atoms with Crippen LogP contribution in [0.15, 0.2) is 36.5 Å². The number of carbonyl (C=O) groups is 4. The van der Waals surface area contributed by atoms with Gasteiger partial charge in [0.1, 0.15) is 35.3 Å². The van der Waals surface area contributed by atoms with Gasteiger partial charge in [-0.15, -0.1) is 0 Å². The van der Waals surface area contributed by atoms with Crippen molar-refractivity contribution in [1.29, 1.82) is 0 Å². The Balaban J connectivity index is 1.33. The third kappa shape index (κ3) is 9.37. The maximum atomic E-state index is 14.6. The van der Waals surface area contributed by atoms with Gasteiger partial charge in [-0.1, -0.05) is 26.0 Å². The number of nitrogens with zero attached hydrogens (tertiary/aromatic N) is 2. The lowest BCUT2D eigenvalue weighted by Gasteiger charge is -2.33. The number of hydrazine groups is 1. The Hall–Kier alpha value is -4.72. The van der Waals surface area contributed by atoms with E-state index in [4.69, 9.17) is 9.47 Å². The van der Waals surface area contributed by atoms with Crippen LogP contribution in [0.3, 0.4) is 0 Å². The van der Waals surface area contributed by atoms with Crippen LogP contribution in [-0.2, 0) is 29.1 Å². The van der Waals surface area contributed by atoms with Crippen molar-refractivity contribution in [2.45, 2.75) is 107 Å². The predicted molar refractivity (Wildman–Crippen MR) is 195 cm³/mol. The quantitative estimate of drug-likeness (QED) is 0.163. The number of ether oxygens (including phenoxy) is 3. The summed E-state index contributed by atoms with van der Waals surface area (Å²) in [7, 11) is -2.62. The second-order valence-electron chi connectivity index (χ2n) is 15.4. The summed E-state index contributed by atoms with van der Waals surface area (Å²) in [6.07, 6.45) is -2.42. The molecule has 57 heavy (non-hydrogen) atoms. The van der Waals surface area contributed by atoms with Crippen molar-refractivity contribution >= 4 is 44.6 Å². The van der Waals surface area contributed by atoms with Crippen LogP contribution in [0.5, 0.6) is 11.6 Å². The highest BCUT2D eigenvalue weighted by molar-refractivity contribution is 7.91. The Kier molecular flexibility index (Phi) is 12.0. The summed E-state index contributed by atoms with van der Waals surface area (Å²) in [4.78, 5) is 60.7. The molecule has 4 N–H and O–H groups in total. The van der Waals surface area contributed by atoms with Gasteiger partial charge in [-0.2, -0.15) is 13.2 Å². The van der Waals surface area contributed by atoms with Crippen molar-refractivity contribution < 1.29 is 59.4 Å². The van der Waals surface area contributed by atoms with E-state index in [1.807, 2.05) is 13.0 Å². The number of pyridine rings is 1. The molecule has 312 valence electrons. The number of rotatable bonds is 9. The van der Waals surface area contributed by atoms with E-state index in [9.17, 15) is 45.2 Å². The van der Waals surface area contributed by atoms with Gasteiger partial charge in [0.2, 0.25) is 27.7 Å². The maximum absolute atomic E-state index is 14.6. The molecule has 2 saturated carbocycles. The molecular formula is C37H46F4N6O9S. The van der Waals surface area contributed by atoms with Crippen LogP contribution in [0.4, 0.5) is 22.4 Å². The van der Waals surface area contributed by atoms with E-state index in [1.54, 1.807) is 19.1 Å². The van der Waals surface area contributed by atoms with Gasteiger partial charge < -0.3 is 24.4 Å². The van der Waals surface area contributed by atoms with E-state index in [1.165, 1.54) is 30.3 Å². The Morgan fingerprint density at radius 1 is 1.11 bits per heavy atom. The fourth-order valence-corrected chi connectivity index (χ4v) is 8.87. The third-order valence-electron chi connectivity index (χ3n) is 11.0. The van der Waals surface area contributed by atoms with E-state index in [2.05, 4.69) is 30.6 Å². The average Bonchev–Trinajstić information content (AvgIpc) is 4.06.